The number of halogens is 1. The monoisotopic (exact) mass is 644 g/mol. The van der Waals surface area contributed by atoms with Crippen LogP contribution in [0.2, 0.25) is 0 Å². The van der Waals surface area contributed by atoms with Gasteiger partial charge in [-0.15, -0.1) is 17.5 Å². The maximum atomic E-state index is 14.0. The fraction of sp³-hybridized carbons (Fsp3) is 0.393. The first-order valence-corrected chi connectivity index (χ1v) is 13.7. The smallest absolute Gasteiger partial charge is 0.347 e. The summed E-state index contributed by atoms with van der Waals surface area (Å²) in [5.41, 5.74) is 2.53. The van der Waals surface area contributed by atoms with Crippen molar-refractivity contribution in [3.63, 3.8) is 0 Å². The number of amides is 1. The number of Topliss-reactive ketones (excluding diaryl/α,β-unsaturated/α-hetero) is 1. The van der Waals surface area contributed by atoms with Crippen molar-refractivity contribution in [2.24, 2.45) is 11.7 Å². The minimum absolute atomic E-state index is 0. The molecule has 3 aromatic rings. The summed E-state index contributed by atoms with van der Waals surface area (Å²) in [5.74, 6) is -6.77. The Morgan fingerprint density at radius 1 is 1.09 bits per heavy atom. The van der Waals surface area contributed by atoms with Crippen LogP contribution in [-0.2, 0) is 41.7 Å². The number of hydrogen-bond donors (Lipinski definition) is 4. The van der Waals surface area contributed by atoms with Gasteiger partial charge in [0, 0.05) is 18.5 Å². The number of carbonyl (C=O) groups is 5. The van der Waals surface area contributed by atoms with Crippen molar-refractivity contribution in [1.29, 1.82) is 0 Å². The second-order valence-electron chi connectivity index (χ2n) is 10.6. The fourth-order valence-electron chi connectivity index (χ4n) is 5.16. The minimum atomic E-state index is -2.62. The van der Waals surface area contributed by atoms with Gasteiger partial charge in [-0.1, -0.05) is 50.2 Å². The van der Waals surface area contributed by atoms with Crippen LogP contribution < -0.4 is 11.1 Å². The van der Waals surface area contributed by atoms with E-state index in [1.54, 1.807) is 30.3 Å². The van der Waals surface area contributed by atoms with Gasteiger partial charge in [-0.3, -0.25) is 19.4 Å². The number of aliphatic carboxylic acids is 2. The summed E-state index contributed by atoms with van der Waals surface area (Å²) in [6.07, 6.45) is 0.652. The number of nitrogens with two attached hydrogens (primary N) is 1. The summed E-state index contributed by atoms with van der Waals surface area (Å²) in [4.78, 5) is 70.8. The summed E-state index contributed by atoms with van der Waals surface area (Å²) >= 11 is 0. The molecule has 3 atom stereocenters. The molecule has 1 aromatic carbocycles. The SMILES string of the molecule is CC(C)[C@]1(NC(=O)CCc2ccccc2)C(=O)OC[C@](N)(C(=O)O)N1C(CC(=O)O)C(=O)Cn1nnnc1-c1ccccn1.Cl. The lowest BCUT2D eigenvalue weighted by molar-refractivity contribution is -0.216. The normalized spacial score (nSPS) is 20.5. The van der Waals surface area contributed by atoms with E-state index >= 15 is 0 Å². The molecule has 1 unspecified atom stereocenters. The number of carboxylic acid groups (broad SMARTS) is 2. The van der Waals surface area contributed by atoms with Gasteiger partial charge in [0.25, 0.3) is 0 Å². The zero-order valence-corrected chi connectivity index (χ0v) is 25.2. The molecule has 1 aliphatic heterocycles. The maximum absolute atomic E-state index is 14.0. The molecule has 4 rings (SSSR count). The fourth-order valence-corrected chi connectivity index (χ4v) is 5.16. The summed E-state index contributed by atoms with van der Waals surface area (Å²) in [7, 11) is 0. The van der Waals surface area contributed by atoms with Crippen molar-refractivity contribution in [2.75, 3.05) is 6.61 Å². The predicted octanol–water partition coefficient (Wildman–Crippen LogP) is 0.269. The Morgan fingerprint density at radius 3 is 2.38 bits per heavy atom. The number of aromatic nitrogens is 5. The number of rotatable bonds is 13. The number of ketones is 1. The van der Waals surface area contributed by atoms with E-state index in [0.717, 1.165) is 15.1 Å². The van der Waals surface area contributed by atoms with Gasteiger partial charge < -0.3 is 26.0 Å². The van der Waals surface area contributed by atoms with E-state index in [1.165, 1.54) is 20.0 Å². The van der Waals surface area contributed by atoms with Gasteiger partial charge in [-0.25, -0.2) is 19.2 Å². The highest BCUT2D eigenvalue weighted by molar-refractivity contribution is 5.95. The topological polar surface area (TPSA) is 233 Å². The van der Waals surface area contributed by atoms with Gasteiger partial charge in [0.15, 0.2) is 11.4 Å². The molecule has 17 heteroatoms. The Kier molecular flexibility index (Phi) is 11.0. The van der Waals surface area contributed by atoms with Crippen LogP contribution in [0, 0.1) is 5.92 Å². The van der Waals surface area contributed by atoms with Crippen molar-refractivity contribution >= 4 is 42.0 Å². The van der Waals surface area contributed by atoms with E-state index in [4.69, 9.17) is 10.5 Å². The van der Waals surface area contributed by atoms with Crippen molar-refractivity contribution in [1.82, 2.24) is 35.4 Å². The summed E-state index contributed by atoms with van der Waals surface area (Å²) in [5, 5.41) is 34.0. The molecule has 0 saturated carbocycles. The molecule has 45 heavy (non-hydrogen) atoms. The van der Waals surface area contributed by atoms with Crippen LogP contribution in [0.15, 0.2) is 54.7 Å². The first-order valence-electron chi connectivity index (χ1n) is 13.7. The molecule has 16 nitrogen and oxygen atoms in total. The minimum Gasteiger partial charge on any atom is -0.481 e. The van der Waals surface area contributed by atoms with E-state index in [2.05, 4.69) is 25.8 Å². The lowest BCUT2D eigenvalue weighted by atomic mass is 9.84. The van der Waals surface area contributed by atoms with Gasteiger partial charge in [0.2, 0.25) is 17.4 Å². The number of morpholine rings is 1. The standard InChI is InChI=1S/C28H32N8O8.ClH/c1-17(2)28(31-22(38)12-11-18-8-4-3-5-9-18)26(43)44-16-27(29,25(41)42)36(28)20(14-23(39)40)21(37)15-35-24(32-33-34-35)19-10-6-7-13-30-19;/h3-10,13,17,20H,11-12,14-16,29H2,1-2H3,(H,31,38)(H,39,40)(H,41,42);1H/t20?,27-,28-;/m1./s1. The third-order valence-electron chi connectivity index (χ3n) is 7.35. The third kappa shape index (κ3) is 7.13. The van der Waals surface area contributed by atoms with Crippen LogP contribution in [0.3, 0.4) is 0 Å². The molecule has 1 saturated heterocycles. The number of carbonyl (C=O) groups excluding carboxylic acids is 3. The Balaban J connectivity index is 0.00000552. The Bertz CT molecular complexity index is 1540. The molecule has 3 heterocycles. The average Bonchev–Trinajstić information content (AvgIpc) is 3.46. The Morgan fingerprint density at radius 2 is 1.78 bits per heavy atom. The number of tetrazole rings is 1. The number of esters is 1. The second-order valence-corrected chi connectivity index (χ2v) is 10.6. The first-order chi connectivity index (χ1) is 20.9. The molecular weight excluding hydrogens is 612 g/mol. The van der Waals surface area contributed by atoms with Crippen molar-refractivity contribution in [3.05, 3.63) is 60.3 Å². The average molecular weight is 645 g/mol. The van der Waals surface area contributed by atoms with Gasteiger partial charge in [0.1, 0.15) is 18.8 Å². The quantitative estimate of drug-likeness (QED) is 0.183. The highest BCUT2D eigenvalue weighted by Gasteiger charge is 2.65. The van der Waals surface area contributed by atoms with Crippen LogP contribution in [0.25, 0.3) is 11.5 Å². The molecule has 5 N–H and O–H groups in total. The number of benzene rings is 1. The highest BCUT2D eigenvalue weighted by atomic mass is 35.5. The number of aryl methyl sites for hydroxylation is 1. The second kappa shape index (κ2) is 14.3. The Labute approximate surface area is 263 Å². The molecule has 0 spiro atoms. The van der Waals surface area contributed by atoms with Crippen molar-refractivity contribution in [3.8, 4) is 11.5 Å². The zero-order valence-electron chi connectivity index (χ0n) is 24.4. The first kappa shape index (κ1) is 34.7. The molecule has 2 aromatic heterocycles. The van der Waals surface area contributed by atoms with Crippen LogP contribution >= 0.6 is 12.4 Å². The molecule has 1 fully saturated rings. The van der Waals surface area contributed by atoms with E-state index in [-0.39, 0.29) is 31.1 Å². The summed E-state index contributed by atoms with van der Waals surface area (Å²) < 4.78 is 6.30. The largest absolute Gasteiger partial charge is 0.481 e. The van der Waals surface area contributed by atoms with Crippen LogP contribution in [0.1, 0.15) is 32.3 Å². The summed E-state index contributed by atoms with van der Waals surface area (Å²) in [6, 6.07) is 12.1. The van der Waals surface area contributed by atoms with Gasteiger partial charge in [0.05, 0.1) is 12.5 Å². The number of cyclic esters (lactones) is 1. The predicted molar refractivity (Wildman–Crippen MR) is 157 cm³/mol. The molecule has 240 valence electrons. The van der Waals surface area contributed by atoms with E-state index in [0.29, 0.717) is 5.69 Å². The highest BCUT2D eigenvalue weighted by Crippen LogP contribution is 2.37. The van der Waals surface area contributed by atoms with E-state index in [1.807, 2.05) is 18.2 Å². The molecule has 0 bridgehead atoms. The third-order valence-corrected chi connectivity index (χ3v) is 7.35. The maximum Gasteiger partial charge on any atom is 0.347 e. The molecule has 1 aliphatic rings. The number of hydrogen-bond acceptors (Lipinski definition) is 12. The number of nitrogens with zero attached hydrogens (tertiary/aromatic N) is 6. The lowest BCUT2D eigenvalue weighted by Gasteiger charge is -2.56. The van der Waals surface area contributed by atoms with Crippen LogP contribution in [0.5, 0.6) is 0 Å². The van der Waals surface area contributed by atoms with Gasteiger partial charge in [-0.05, 0) is 34.5 Å². The van der Waals surface area contributed by atoms with Crippen LogP contribution in [-0.4, -0.2) is 93.9 Å². The van der Waals surface area contributed by atoms with Crippen molar-refractivity contribution < 1.29 is 38.9 Å². The van der Waals surface area contributed by atoms with Crippen LogP contribution in [0.4, 0.5) is 0 Å². The molecular formula is C28H33ClN8O8. The zero-order chi connectivity index (χ0) is 32.1. The Hall–Kier alpha value is -4.80. The van der Waals surface area contributed by atoms with Gasteiger partial charge in [-0.2, -0.15) is 0 Å². The lowest BCUT2D eigenvalue weighted by Crippen LogP contribution is -2.85. The molecule has 0 radical (unpaired) electrons. The van der Waals surface area contributed by atoms with E-state index in [9.17, 15) is 34.2 Å². The summed E-state index contributed by atoms with van der Waals surface area (Å²) in [6.45, 7) is 1.40. The molecule has 1 amide bonds. The molecule has 0 aliphatic carbocycles. The van der Waals surface area contributed by atoms with Crippen molar-refractivity contribution in [2.45, 2.75) is 57.0 Å². The van der Waals surface area contributed by atoms with E-state index < -0.39 is 72.5 Å². The van der Waals surface area contributed by atoms with Gasteiger partial charge >= 0.3 is 17.9 Å². The number of nitrogens with one attached hydrogen (secondary N) is 1. The number of ether oxygens (including phenoxy) is 1. The number of pyridine rings is 1. The number of carboxylic acids is 2.